The van der Waals surface area contributed by atoms with Gasteiger partial charge in [0.25, 0.3) is 5.91 Å². The molecular weight excluding hydrogens is 599 g/mol. The van der Waals surface area contributed by atoms with Gasteiger partial charge in [-0.15, -0.1) is 0 Å². The van der Waals surface area contributed by atoms with E-state index in [1.54, 1.807) is 11.1 Å². The van der Waals surface area contributed by atoms with E-state index in [2.05, 4.69) is 41.3 Å². The van der Waals surface area contributed by atoms with Gasteiger partial charge in [-0.3, -0.25) is 19.4 Å². The summed E-state index contributed by atoms with van der Waals surface area (Å²) in [5.74, 6) is -0.425. The van der Waals surface area contributed by atoms with Crippen molar-refractivity contribution < 1.29 is 18.0 Å². The van der Waals surface area contributed by atoms with Gasteiger partial charge in [0.15, 0.2) is 0 Å². The van der Waals surface area contributed by atoms with Gasteiger partial charge in [-0.25, -0.2) is 9.97 Å². The number of H-pyrrole nitrogens is 1. The molecule has 2 N–H and O–H groups in total. The number of carbonyl (C=O) groups is 1. The Morgan fingerprint density at radius 3 is 2.61 bits per heavy atom. The topological polar surface area (TPSA) is 134 Å². The molecule has 1 amide bonds. The largest absolute Gasteiger partial charge is 0.429 e. The first-order valence-electron chi connectivity index (χ1n) is 15.3. The van der Waals surface area contributed by atoms with E-state index in [1.165, 1.54) is 19.5 Å². The third-order valence-electron chi connectivity index (χ3n) is 9.02. The standard InChI is InChI=1S/C31H38F3N11O/c1-29(2,3)39-15-21-13-24(42(4)28(41-21)31(32,33)34)27(46)43-11-6-22(7-12-43)44-17-30(18-44,8-9-35)45-16-20(14-40-45)25-23-5-10-36-26(23)38-19-37-25/h5,10,13-14,16,19,22,28,39H,6-8,11-12,15,17-18H2,1-4H3,(H,36,37,38). The number of amides is 1. The summed E-state index contributed by atoms with van der Waals surface area (Å²) in [4.78, 5) is 34.2. The van der Waals surface area contributed by atoms with Crippen LogP contribution in [0.15, 0.2) is 47.7 Å². The van der Waals surface area contributed by atoms with Crippen molar-refractivity contribution in [1.29, 1.82) is 5.26 Å². The van der Waals surface area contributed by atoms with Crippen LogP contribution in [0.3, 0.4) is 0 Å². The predicted molar refractivity (Wildman–Crippen MR) is 165 cm³/mol. The highest BCUT2D eigenvalue weighted by molar-refractivity contribution is 6.05. The Balaban J connectivity index is 1.10. The van der Waals surface area contributed by atoms with Gasteiger partial charge in [-0.05, 0) is 45.8 Å². The van der Waals surface area contributed by atoms with E-state index in [0.29, 0.717) is 45.4 Å². The van der Waals surface area contributed by atoms with Gasteiger partial charge in [-0.1, -0.05) is 0 Å². The molecule has 3 aromatic rings. The van der Waals surface area contributed by atoms with Crippen molar-refractivity contribution in [2.75, 3.05) is 39.8 Å². The lowest BCUT2D eigenvalue weighted by atomic mass is 9.83. The zero-order valence-corrected chi connectivity index (χ0v) is 26.3. The first-order chi connectivity index (χ1) is 21.8. The number of hydrogen-bond acceptors (Lipinski definition) is 9. The Hall–Kier alpha value is -4.29. The number of halogens is 3. The summed E-state index contributed by atoms with van der Waals surface area (Å²) >= 11 is 0. The van der Waals surface area contributed by atoms with Crippen LogP contribution in [-0.2, 0) is 10.3 Å². The van der Waals surface area contributed by atoms with Crippen LogP contribution in [0.1, 0.15) is 40.0 Å². The molecule has 0 saturated carbocycles. The molecule has 0 radical (unpaired) electrons. The van der Waals surface area contributed by atoms with Gasteiger partial charge in [0, 0.05) is 74.7 Å². The Bertz CT molecular complexity index is 1700. The second-order valence-electron chi connectivity index (χ2n) is 13.4. The van der Waals surface area contributed by atoms with Gasteiger partial charge in [0.1, 0.15) is 23.2 Å². The van der Waals surface area contributed by atoms with Crippen LogP contribution >= 0.6 is 0 Å². The number of rotatable bonds is 7. The van der Waals surface area contributed by atoms with Gasteiger partial charge < -0.3 is 20.1 Å². The van der Waals surface area contributed by atoms with Crippen molar-refractivity contribution in [2.45, 2.75) is 69.5 Å². The number of likely N-dealkylation sites (tertiary alicyclic amines) is 2. The minimum absolute atomic E-state index is 0.00596. The van der Waals surface area contributed by atoms with E-state index in [4.69, 9.17) is 0 Å². The quantitative estimate of drug-likeness (QED) is 0.403. The molecule has 0 aliphatic carbocycles. The fraction of sp³-hybridized carbons (Fsp3) is 0.548. The van der Waals surface area contributed by atoms with Crippen LogP contribution in [0.4, 0.5) is 13.2 Å². The molecule has 1 atom stereocenters. The van der Waals surface area contributed by atoms with Crippen molar-refractivity contribution in [3.63, 3.8) is 0 Å². The van der Waals surface area contributed by atoms with Crippen molar-refractivity contribution in [3.8, 4) is 17.3 Å². The lowest BCUT2D eigenvalue weighted by Gasteiger charge is -2.53. The fourth-order valence-electron chi connectivity index (χ4n) is 6.49. The van der Waals surface area contributed by atoms with Crippen molar-refractivity contribution in [1.82, 2.24) is 44.7 Å². The van der Waals surface area contributed by atoms with E-state index in [9.17, 15) is 23.2 Å². The Morgan fingerprint density at radius 2 is 1.93 bits per heavy atom. The molecule has 3 aromatic heterocycles. The third-order valence-corrected chi connectivity index (χ3v) is 9.02. The molecule has 2 fully saturated rings. The average Bonchev–Trinajstić information content (AvgIpc) is 3.67. The fourth-order valence-corrected chi connectivity index (χ4v) is 6.49. The molecule has 2 saturated heterocycles. The maximum atomic E-state index is 13.9. The molecule has 0 spiro atoms. The maximum absolute atomic E-state index is 13.9. The zero-order chi connectivity index (χ0) is 32.9. The summed E-state index contributed by atoms with van der Waals surface area (Å²) in [5, 5.41) is 18.4. The van der Waals surface area contributed by atoms with Crippen LogP contribution in [0.25, 0.3) is 22.3 Å². The molecule has 0 aromatic carbocycles. The summed E-state index contributed by atoms with van der Waals surface area (Å²) < 4.78 is 43.6. The van der Waals surface area contributed by atoms with Crippen molar-refractivity contribution in [3.05, 3.63) is 42.8 Å². The summed E-state index contributed by atoms with van der Waals surface area (Å²) in [6.45, 7) is 7.97. The number of fused-ring (bicyclic) bond motifs is 1. The highest BCUT2D eigenvalue weighted by atomic mass is 19.4. The second-order valence-corrected chi connectivity index (χ2v) is 13.4. The molecule has 1 unspecified atom stereocenters. The van der Waals surface area contributed by atoms with Crippen molar-refractivity contribution >= 4 is 22.7 Å². The SMILES string of the molecule is CN1C(C(=O)N2CCC(N3CC(CC#N)(n4cc(-c5ncnc6[nH]ccc56)cn4)C3)CC2)=CC(CNC(C)(C)C)=NC1C(F)(F)F. The minimum Gasteiger partial charge on any atom is -0.346 e. The molecule has 12 nitrogen and oxygen atoms in total. The van der Waals surface area contributed by atoms with Crippen LogP contribution in [0, 0.1) is 11.3 Å². The van der Waals surface area contributed by atoms with E-state index >= 15 is 0 Å². The molecule has 0 bridgehead atoms. The van der Waals surface area contributed by atoms with Crippen LogP contribution < -0.4 is 5.32 Å². The van der Waals surface area contributed by atoms with E-state index in [0.717, 1.165) is 27.2 Å². The zero-order valence-electron chi connectivity index (χ0n) is 26.3. The number of alkyl halides is 3. The molecule has 6 rings (SSSR count). The number of aliphatic imine (C=N–C) groups is 1. The van der Waals surface area contributed by atoms with Crippen molar-refractivity contribution in [2.24, 2.45) is 4.99 Å². The molecule has 6 heterocycles. The Labute approximate surface area is 265 Å². The van der Waals surface area contributed by atoms with Gasteiger partial charge in [0.05, 0.1) is 30.1 Å². The predicted octanol–water partition coefficient (Wildman–Crippen LogP) is 3.28. The Kier molecular flexibility index (Phi) is 8.14. The first kappa shape index (κ1) is 31.7. The lowest BCUT2D eigenvalue weighted by Crippen LogP contribution is -2.66. The van der Waals surface area contributed by atoms with Gasteiger partial charge in [-0.2, -0.15) is 23.5 Å². The molecule has 3 aliphatic rings. The van der Waals surface area contributed by atoms with E-state index < -0.39 is 23.8 Å². The molecule has 46 heavy (non-hydrogen) atoms. The number of likely N-dealkylation sites (N-methyl/N-ethyl adjacent to an activating group) is 1. The number of nitriles is 1. The maximum Gasteiger partial charge on any atom is 0.429 e. The monoisotopic (exact) mass is 637 g/mol. The van der Waals surface area contributed by atoms with E-state index in [-0.39, 0.29) is 29.5 Å². The smallest absolute Gasteiger partial charge is 0.346 e. The normalized spacial score (nSPS) is 21.1. The summed E-state index contributed by atoms with van der Waals surface area (Å²) in [7, 11) is 1.27. The lowest BCUT2D eigenvalue weighted by molar-refractivity contribution is -0.175. The summed E-state index contributed by atoms with van der Waals surface area (Å²) in [6.07, 6.45) is 3.39. The second kappa shape index (κ2) is 11.8. The number of nitrogens with one attached hydrogen (secondary N) is 2. The van der Waals surface area contributed by atoms with Crippen LogP contribution in [0.5, 0.6) is 0 Å². The Morgan fingerprint density at radius 1 is 1.20 bits per heavy atom. The molecule has 3 aliphatic heterocycles. The number of aromatic nitrogens is 5. The van der Waals surface area contributed by atoms with Crippen LogP contribution in [-0.4, -0.2) is 115 Å². The van der Waals surface area contributed by atoms with E-state index in [1.807, 2.05) is 43.9 Å². The number of aromatic amines is 1. The highest BCUT2D eigenvalue weighted by Crippen LogP contribution is 2.38. The molecule has 15 heteroatoms. The van der Waals surface area contributed by atoms with Crippen LogP contribution in [0.2, 0.25) is 0 Å². The summed E-state index contributed by atoms with van der Waals surface area (Å²) in [5.41, 5.74) is 1.72. The molecular formula is C31H38F3N11O. The average molecular weight is 638 g/mol. The number of hydrogen-bond donors (Lipinski definition) is 2. The molecule has 244 valence electrons. The highest BCUT2D eigenvalue weighted by Gasteiger charge is 2.49. The number of nitrogens with zero attached hydrogens (tertiary/aromatic N) is 9. The number of carbonyl (C=O) groups excluding carboxylic acids is 1. The minimum atomic E-state index is -4.62. The first-order valence-corrected chi connectivity index (χ1v) is 15.3. The third kappa shape index (κ3) is 6.11. The van der Waals surface area contributed by atoms with Gasteiger partial charge >= 0.3 is 6.18 Å². The summed E-state index contributed by atoms with van der Waals surface area (Å²) in [6, 6.07) is 4.43. The number of piperidine rings is 1. The van der Waals surface area contributed by atoms with Gasteiger partial charge in [0.2, 0.25) is 6.17 Å².